The van der Waals surface area contributed by atoms with Crippen LogP contribution in [0.4, 0.5) is 5.69 Å². The van der Waals surface area contributed by atoms with E-state index in [0.29, 0.717) is 21.8 Å². The normalized spacial score (nSPS) is 12.7. The Bertz CT molecular complexity index is 1240. The Morgan fingerprint density at radius 1 is 1.17 bits per heavy atom. The van der Waals surface area contributed by atoms with Gasteiger partial charge >= 0.3 is 0 Å². The standard InChI is InChI=1S/C25H23BrN2O2/c1-4-16(3)17-8-9-23-22(13-17)28-25(30-23)18-6-5-7-20(12-18)27-14-19-10-15(2)11-21(26)24(19)29/h5-14,16,29H,4H2,1-3H3. The average molecular weight is 463 g/mol. The van der Waals surface area contributed by atoms with Gasteiger partial charge in [-0.1, -0.05) is 26.0 Å². The second kappa shape index (κ2) is 8.44. The third-order valence-electron chi connectivity index (χ3n) is 5.28. The van der Waals surface area contributed by atoms with E-state index in [4.69, 9.17) is 9.40 Å². The highest BCUT2D eigenvalue weighted by Crippen LogP contribution is 2.31. The number of phenols is 1. The number of nitrogens with zero attached hydrogens (tertiary/aromatic N) is 2. The van der Waals surface area contributed by atoms with E-state index in [0.717, 1.165) is 34.3 Å². The van der Waals surface area contributed by atoms with Crippen LogP contribution in [0, 0.1) is 6.92 Å². The van der Waals surface area contributed by atoms with E-state index in [1.54, 1.807) is 6.21 Å². The fourth-order valence-corrected chi connectivity index (χ4v) is 3.92. The van der Waals surface area contributed by atoms with Crippen molar-refractivity contribution >= 4 is 38.9 Å². The van der Waals surface area contributed by atoms with Crippen molar-refractivity contribution in [3.05, 3.63) is 75.8 Å². The van der Waals surface area contributed by atoms with Gasteiger partial charge in [0.15, 0.2) is 5.58 Å². The minimum absolute atomic E-state index is 0.177. The molecule has 0 radical (unpaired) electrons. The van der Waals surface area contributed by atoms with Crippen LogP contribution in [0.2, 0.25) is 0 Å². The molecule has 0 fully saturated rings. The summed E-state index contributed by atoms with van der Waals surface area (Å²) in [6.45, 7) is 6.38. The molecule has 3 aromatic carbocycles. The number of aliphatic imine (C=N–C) groups is 1. The number of aryl methyl sites for hydroxylation is 1. The first-order valence-corrected chi connectivity index (χ1v) is 10.8. The molecule has 0 saturated carbocycles. The summed E-state index contributed by atoms with van der Waals surface area (Å²) in [7, 11) is 0. The van der Waals surface area contributed by atoms with Crippen LogP contribution in [-0.2, 0) is 0 Å². The summed E-state index contributed by atoms with van der Waals surface area (Å²) in [6, 6.07) is 17.7. The van der Waals surface area contributed by atoms with E-state index in [-0.39, 0.29) is 5.75 Å². The fourth-order valence-electron chi connectivity index (χ4n) is 3.33. The quantitative estimate of drug-likeness (QED) is 0.311. The highest BCUT2D eigenvalue weighted by molar-refractivity contribution is 9.10. The van der Waals surface area contributed by atoms with Gasteiger partial charge in [-0.3, -0.25) is 4.99 Å². The molecule has 0 saturated heterocycles. The molecule has 0 bridgehead atoms. The molecule has 1 unspecified atom stereocenters. The lowest BCUT2D eigenvalue weighted by atomic mass is 9.98. The number of aromatic nitrogens is 1. The third-order valence-corrected chi connectivity index (χ3v) is 5.88. The Kier molecular flexibility index (Phi) is 5.73. The molecule has 152 valence electrons. The van der Waals surface area contributed by atoms with Crippen LogP contribution < -0.4 is 0 Å². The molecule has 1 aromatic heterocycles. The zero-order valence-electron chi connectivity index (χ0n) is 17.2. The molecule has 0 aliphatic rings. The number of rotatable bonds is 5. The summed E-state index contributed by atoms with van der Waals surface area (Å²) < 4.78 is 6.64. The third kappa shape index (κ3) is 4.17. The molecule has 1 atom stereocenters. The molecule has 4 rings (SSSR count). The summed E-state index contributed by atoms with van der Waals surface area (Å²) in [5.74, 6) is 1.24. The minimum atomic E-state index is 0.177. The van der Waals surface area contributed by atoms with Crippen LogP contribution in [0.5, 0.6) is 5.75 Å². The van der Waals surface area contributed by atoms with Crippen molar-refractivity contribution < 1.29 is 9.52 Å². The Hall–Kier alpha value is -2.92. The summed E-state index contributed by atoms with van der Waals surface area (Å²) in [5.41, 5.74) is 6.23. The lowest BCUT2D eigenvalue weighted by Crippen LogP contribution is -1.90. The number of fused-ring (bicyclic) bond motifs is 1. The van der Waals surface area contributed by atoms with Crippen LogP contribution in [0.1, 0.15) is 42.9 Å². The van der Waals surface area contributed by atoms with Gasteiger partial charge in [-0.25, -0.2) is 4.98 Å². The van der Waals surface area contributed by atoms with Crippen LogP contribution in [0.15, 0.2) is 68.5 Å². The van der Waals surface area contributed by atoms with E-state index in [9.17, 15) is 5.11 Å². The van der Waals surface area contributed by atoms with Crippen LogP contribution in [-0.4, -0.2) is 16.3 Å². The summed E-state index contributed by atoms with van der Waals surface area (Å²) in [4.78, 5) is 9.23. The second-order valence-corrected chi connectivity index (χ2v) is 8.40. The predicted octanol–water partition coefficient (Wildman–Crippen LogP) is 7.54. The maximum absolute atomic E-state index is 10.2. The van der Waals surface area contributed by atoms with Gasteiger partial charge in [0.1, 0.15) is 11.3 Å². The number of halogens is 1. The minimum Gasteiger partial charge on any atom is -0.506 e. The van der Waals surface area contributed by atoms with Crippen molar-refractivity contribution in [2.45, 2.75) is 33.1 Å². The zero-order valence-corrected chi connectivity index (χ0v) is 18.8. The molecular weight excluding hydrogens is 440 g/mol. The molecule has 0 spiro atoms. The molecule has 0 aliphatic heterocycles. The average Bonchev–Trinajstić information content (AvgIpc) is 3.18. The topological polar surface area (TPSA) is 58.6 Å². The van der Waals surface area contributed by atoms with Gasteiger partial charge < -0.3 is 9.52 Å². The van der Waals surface area contributed by atoms with E-state index in [1.807, 2.05) is 49.4 Å². The fraction of sp³-hybridized carbons (Fsp3) is 0.200. The maximum Gasteiger partial charge on any atom is 0.227 e. The number of hydrogen-bond donors (Lipinski definition) is 1. The van der Waals surface area contributed by atoms with Gasteiger partial charge in [0.2, 0.25) is 5.89 Å². The Morgan fingerprint density at radius 2 is 2.00 bits per heavy atom. The first-order chi connectivity index (χ1) is 14.4. The van der Waals surface area contributed by atoms with Gasteiger partial charge in [0.25, 0.3) is 0 Å². The highest BCUT2D eigenvalue weighted by Gasteiger charge is 2.11. The summed E-state index contributed by atoms with van der Waals surface area (Å²) >= 11 is 3.37. The Balaban J connectivity index is 1.65. The van der Waals surface area contributed by atoms with Gasteiger partial charge in [-0.15, -0.1) is 0 Å². The van der Waals surface area contributed by atoms with E-state index in [2.05, 4.69) is 46.9 Å². The number of phenolic OH excluding ortho intramolecular Hbond substituents is 1. The van der Waals surface area contributed by atoms with Crippen molar-refractivity contribution in [2.24, 2.45) is 4.99 Å². The van der Waals surface area contributed by atoms with Crippen LogP contribution >= 0.6 is 15.9 Å². The maximum atomic E-state index is 10.2. The molecule has 5 heteroatoms. The summed E-state index contributed by atoms with van der Waals surface area (Å²) in [6.07, 6.45) is 2.75. The number of oxazole rings is 1. The van der Waals surface area contributed by atoms with Crippen LogP contribution in [0.25, 0.3) is 22.6 Å². The SMILES string of the molecule is CCC(C)c1ccc2oc(-c3cccc(N=Cc4cc(C)cc(Br)c4O)c3)nc2c1. The molecule has 0 aliphatic carbocycles. The van der Waals surface area contributed by atoms with Gasteiger partial charge in [-0.05, 0) is 88.8 Å². The first-order valence-electron chi connectivity index (χ1n) is 9.98. The second-order valence-electron chi connectivity index (χ2n) is 7.55. The largest absolute Gasteiger partial charge is 0.506 e. The molecule has 1 N–H and O–H groups in total. The number of hydrogen-bond acceptors (Lipinski definition) is 4. The molecule has 30 heavy (non-hydrogen) atoms. The molecule has 4 nitrogen and oxygen atoms in total. The van der Waals surface area contributed by atoms with E-state index >= 15 is 0 Å². The van der Waals surface area contributed by atoms with Crippen molar-refractivity contribution in [3.8, 4) is 17.2 Å². The monoisotopic (exact) mass is 462 g/mol. The molecule has 0 amide bonds. The van der Waals surface area contributed by atoms with Gasteiger partial charge in [0, 0.05) is 17.3 Å². The van der Waals surface area contributed by atoms with Crippen molar-refractivity contribution in [2.75, 3.05) is 0 Å². The predicted molar refractivity (Wildman–Crippen MR) is 126 cm³/mol. The zero-order chi connectivity index (χ0) is 21.3. The molecular formula is C25H23BrN2O2. The van der Waals surface area contributed by atoms with Crippen molar-refractivity contribution in [3.63, 3.8) is 0 Å². The first kappa shape index (κ1) is 20.4. The van der Waals surface area contributed by atoms with E-state index < -0.39 is 0 Å². The molecule has 4 aromatic rings. The smallest absolute Gasteiger partial charge is 0.227 e. The molecule has 1 heterocycles. The van der Waals surface area contributed by atoms with Crippen molar-refractivity contribution in [1.29, 1.82) is 0 Å². The van der Waals surface area contributed by atoms with Crippen molar-refractivity contribution in [1.82, 2.24) is 4.98 Å². The Morgan fingerprint density at radius 3 is 2.80 bits per heavy atom. The van der Waals surface area contributed by atoms with Gasteiger partial charge in [0.05, 0.1) is 10.2 Å². The lowest BCUT2D eigenvalue weighted by Gasteiger charge is -2.07. The van der Waals surface area contributed by atoms with Crippen LogP contribution in [0.3, 0.4) is 0 Å². The van der Waals surface area contributed by atoms with E-state index in [1.165, 1.54) is 5.56 Å². The summed E-state index contributed by atoms with van der Waals surface area (Å²) in [5, 5.41) is 10.2. The lowest BCUT2D eigenvalue weighted by molar-refractivity contribution is 0.471. The number of benzene rings is 3. The Labute approximate surface area is 184 Å². The van der Waals surface area contributed by atoms with Gasteiger partial charge in [-0.2, -0.15) is 0 Å². The number of aromatic hydroxyl groups is 1. The highest BCUT2D eigenvalue weighted by atomic mass is 79.9.